The number of carbonyl (C=O) groups excluding carboxylic acids is 1. The number of hydrogen-bond acceptors (Lipinski definition) is 5. The van der Waals surface area contributed by atoms with E-state index in [1.807, 2.05) is 4.72 Å². The zero-order valence-corrected chi connectivity index (χ0v) is 9.88. The molecule has 0 unspecified atom stereocenters. The van der Waals surface area contributed by atoms with E-state index in [1.165, 1.54) is 37.2 Å². The van der Waals surface area contributed by atoms with Gasteiger partial charge in [0, 0.05) is 0 Å². The van der Waals surface area contributed by atoms with Crippen LogP contribution in [0, 0.1) is 0 Å². The number of carbonyl (C=O) groups is 1. The summed E-state index contributed by atoms with van der Waals surface area (Å²) >= 11 is 0. The van der Waals surface area contributed by atoms with Gasteiger partial charge in [-0.15, -0.1) is 0 Å². The number of benzene rings is 1. The van der Waals surface area contributed by atoms with Crippen molar-refractivity contribution in [3.8, 4) is 0 Å². The first-order chi connectivity index (χ1) is 8.61. The van der Waals surface area contributed by atoms with Crippen LogP contribution in [0.1, 0.15) is 10.4 Å². The van der Waals surface area contributed by atoms with Gasteiger partial charge in [0.15, 0.2) is 0 Å². The first kappa shape index (κ1) is 12.2. The molecule has 0 bridgehead atoms. The van der Waals surface area contributed by atoms with Crippen LogP contribution in [0.2, 0.25) is 0 Å². The standard InChI is InChI=1S/C7H5NO3S.C4H4O2/c9-7-5-3-1-2-4-6(5)12(10,11)8-7;1-2-6-4-3-5-1/h1-4H,(H,8,9);1-4H. The fourth-order valence-corrected chi connectivity index (χ4v) is 2.51. The average molecular weight is 267 g/mol. The first-order valence-electron chi connectivity index (χ1n) is 4.88. The Balaban J connectivity index is 0.000000169. The Morgan fingerprint density at radius 2 is 1.50 bits per heavy atom. The number of fused-ring (bicyclic) bond motifs is 1. The van der Waals surface area contributed by atoms with Crippen LogP contribution >= 0.6 is 0 Å². The summed E-state index contributed by atoms with van der Waals surface area (Å²) in [5, 5.41) is 0. The number of nitrogens with one attached hydrogen (secondary N) is 1. The van der Waals surface area contributed by atoms with E-state index < -0.39 is 15.9 Å². The molecule has 0 aliphatic carbocycles. The second-order valence-electron chi connectivity index (χ2n) is 3.25. The molecular weight excluding hydrogens is 258 g/mol. The average Bonchev–Trinajstić information content (AvgIpc) is 2.64. The highest BCUT2D eigenvalue weighted by Crippen LogP contribution is 2.20. The van der Waals surface area contributed by atoms with Gasteiger partial charge in [-0.05, 0) is 12.1 Å². The molecule has 0 saturated heterocycles. The maximum Gasteiger partial charge on any atom is 0.266 e. The van der Waals surface area contributed by atoms with E-state index in [9.17, 15) is 13.2 Å². The van der Waals surface area contributed by atoms with E-state index in [2.05, 4.69) is 9.47 Å². The van der Waals surface area contributed by atoms with E-state index in [-0.39, 0.29) is 10.5 Å². The Morgan fingerprint density at radius 1 is 0.944 bits per heavy atom. The number of hydrogen-bond donors (Lipinski definition) is 1. The van der Waals surface area contributed by atoms with Gasteiger partial charge in [0.1, 0.15) is 29.9 Å². The topological polar surface area (TPSA) is 81.7 Å². The van der Waals surface area contributed by atoms with E-state index in [1.54, 1.807) is 12.1 Å². The fraction of sp³-hybridized carbons (Fsp3) is 0. The highest BCUT2D eigenvalue weighted by molar-refractivity contribution is 7.90. The number of amides is 1. The van der Waals surface area contributed by atoms with Gasteiger partial charge in [-0.2, -0.15) is 0 Å². The van der Waals surface area contributed by atoms with Crippen LogP contribution in [0.3, 0.4) is 0 Å². The van der Waals surface area contributed by atoms with Gasteiger partial charge >= 0.3 is 0 Å². The zero-order chi connectivity index (χ0) is 13.0. The molecule has 1 amide bonds. The van der Waals surface area contributed by atoms with Crippen molar-refractivity contribution in [2.75, 3.05) is 0 Å². The molecular formula is C11H9NO5S. The third kappa shape index (κ3) is 2.51. The van der Waals surface area contributed by atoms with Gasteiger partial charge in [0.2, 0.25) is 0 Å². The van der Waals surface area contributed by atoms with Gasteiger partial charge in [-0.1, -0.05) is 12.1 Å². The summed E-state index contributed by atoms with van der Waals surface area (Å²) in [7, 11) is -3.55. The quantitative estimate of drug-likeness (QED) is 0.761. The summed E-state index contributed by atoms with van der Waals surface area (Å²) in [6, 6.07) is 6.09. The van der Waals surface area contributed by atoms with E-state index in [0.29, 0.717) is 0 Å². The van der Waals surface area contributed by atoms with Crippen LogP contribution in [-0.4, -0.2) is 14.3 Å². The Bertz CT molecular complexity index is 598. The summed E-state index contributed by atoms with van der Waals surface area (Å²) in [5.41, 5.74) is 0.220. The SMILES string of the molecule is C1=COC=CO1.O=C1NS(=O)(=O)c2ccccc21. The second kappa shape index (κ2) is 4.92. The van der Waals surface area contributed by atoms with Crippen LogP contribution in [0.4, 0.5) is 0 Å². The lowest BCUT2D eigenvalue weighted by atomic mass is 10.2. The molecule has 1 aromatic carbocycles. The van der Waals surface area contributed by atoms with E-state index in [4.69, 9.17) is 0 Å². The number of ether oxygens (including phenoxy) is 2. The minimum atomic E-state index is -3.55. The molecule has 2 heterocycles. The molecule has 1 N–H and O–H groups in total. The van der Waals surface area contributed by atoms with Gasteiger partial charge in [-0.25, -0.2) is 13.1 Å². The van der Waals surface area contributed by atoms with Crippen molar-refractivity contribution in [2.24, 2.45) is 0 Å². The van der Waals surface area contributed by atoms with Crippen molar-refractivity contribution in [2.45, 2.75) is 4.90 Å². The monoisotopic (exact) mass is 267 g/mol. The van der Waals surface area contributed by atoms with Crippen molar-refractivity contribution < 1.29 is 22.7 Å². The van der Waals surface area contributed by atoms with Crippen LogP contribution < -0.4 is 4.72 Å². The maximum absolute atomic E-state index is 11.1. The summed E-state index contributed by atoms with van der Waals surface area (Å²) in [6.07, 6.45) is 5.83. The predicted octanol–water partition coefficient (Wildman–Crippen LogP) is 1.09. The van der Waals surface area contributed by atoms with Crippen molar-refractivity contribution in [1.29, 1.82) is 0 Å². The molecule has 0 saturated carbocycles. The van der Waals surface area contributed by atoms with Crippen LogP contribution in [0.15, 0.2) is 54.2 Å². The molecule has 1 aromatic rings. The predicted molar refractivity (Wildman–Crippen MR) is 61.5 cm³/mol. The van der Waals surface area contributed by atoms with Crippen molar-refractivity contribution in [3.05, 3.63) is 54.9 Å². The third-order valence-corrected chi connectivity index (χ3v) is 3.46. The van der Waals surface area contributed by atoms with Gasteiger partial charge < -0.3 is 9.47 Å². The summed E-state index contributed by atoms with van der Waals surface area (Å²) < 4.78 is 33.3. The molecule has 0 fully saturated rings. The van der Waals surface area contributed by atoms with Crippen molar-refractivity contribution >= 4 is 15.9 Å². The van der Waals surface area contributed by atoms with Gasteiger partial charge in [0.25, 0.3) is 15.9 Å². The van der Waals surface area contributed by atoms with Crippen LogP contribution in [0.5, 0.6) is 0 Å². The van der Waals surface area contributed by atoms with Gasteiger partial charge in [-0.3, -0.25) is 4.79 Å². The molecule has 94 valence electrons. The fourth-order valence-electron chi connectivity index (χ4n) is 1.34. The minimum Gasteiger partial charge on any atom is -0.466 e. The Kier molecular flexibility index (Phi) is 3.33. The van der Waals surface area contributed by atoms with E-state index >= 15 is 0 Å². The normalized spacial score (nSPS) is 17.7. The molecule has 0 radical (unpaired) electrons. The molecule has 2 aliphatic rings. The largest absolute Gasteiger partial charge is 0.466 e. The summed E-state index contributed by atoms with van der Waals surface area (Å²) in [6.45, 7) is 0. The molecule has 6 nitrogen and oxygen atoms in total. The highest BCUT2D eigenvalue weighted by Gasteiger charge is 2.31. The molecule has 0 spiro atoms. The van der Waals surface area contributed by atoms with Crippen LogP contribution in [0.25, 0.3) is 0 Å². The molecule has 7 heteroatoms. The molecule has 2 aliphatic heterocycles. The Labute approximate surface area is 104 Å². The smallest absolute Gasteiger partial charge is 0.266 e. The van der Waals surface area contributed by atoms with Crippen LogP contribution in [-0.2, 0) is 19.5 Å². The van der Waals surface area contributed by atoms with Gasteiger partial charge in [0.05, 0.1) is 5.56 Å². The second-order valence-corrected chi connectivity index (χ2v) is 4.90. The van der Waals surface area contributed by atoms with Crippen molar-refractivity contribution in [1.82, 2.24) is 4.72 Å². The lowest BCUT2D eigenvalue weighted by molar-refractivity contribution is 0.0985. The first-order valence-corrected chi connectivity index (χ1v) is 6.37. The summed E-state index contributed by atoms with van der Waals surface area (Å²) in [4.78, 5) is 11.1. The maximum atomic E-state index is 11.1. The summed E-state index contributed by atoms with van der Waals surface area (Å²) in [5.74, 6) is -0.550. The molecule has 0 aromatic heterocycles. The lowest BCUT2D eigenvalue weighted by Gasteiger charge is -1.94. The zero-order valence-electron chi connectivity index (χ0n) is 9.07. The molecule has 18 heavy (non-hydrogen) atoms. The van der Waals surface area contributed by atoms with E-state index in [0.717, 1.165) is 0 Å². The Hall–Kier alpha value is -2.28. The number of sulfonamides is 1. The van der Waals surface area contributed by atoms with Crippen molar-refractivity contribution in [3.63, 3.8) is 0 Å². The Morgan fingerprint density at radius 3 is 2.00 bits per heavy atom. The lowest BCUT2D eigenvalue weighted by Crippen LogP contribution is -2.20. The molecule has 0 atom stereocenters. The number of rotatable bonds is 0. The minimum absolute atomic E-state index is 0.0648. The third-order valence-electron chi connectivity index (χ3n) is 2.07. The highest BCUT2D eigenvalue weighted by atomic mass is 32.2. The molecule has 3 rings (SSSR count).